The van der Waals surface area contributed by atoms with Crippen LogP contribution in [0, 0.1) is 0 Å². The van der Waals surface area contributed by atoms with Crippen molar-refractivity contribution < 1.29 is 28.9 Å². The highest BCUT2D eigenvalue weighted by molar-refractivity contribution is 6.46. The van der Waals surface area contributed by atoms with Gasteiger partial charge in [-0.15, -0.1) is 0 Å². The lowest BCUT2D eigenvalue weighted by atomic mass is 9.95. The second kappa shape index (κ2) is 11.4. The number of rotatable bonds is 9. The number of benzene rings is 2. The van der Waals surface area contributed by atoms with E-state index in [0.717, 1.165) is 19.6 Å². The summed E-state index contributed by atoms with van der Waals surface area (Å²) in [6.45, 7) is 6.65. The van der Waals surface area contributed by atoms with Gasteiger partial charge in [-0.3, -0.25) is 14.5 Å². The molecule has 1 amide bonds. The van der Waals surface area contributed by atoms with Gasteiger partial charge in [0, 0.05) is 31.7 Å². The number of aliphatic hydroxyl groups is 1. The first-order valence-corrected chi connectivity index (χ1v) is 12.0. The van der Waals surface area contributed by atoms with E-state index in [1.807, 2.05) is 19.1 Å². The summed E-state index contributed by atoms with van der Waals surface area (Å²) in [6, 6.07) is 13.5. The summed E-state index contributed by atoms with van der Waals surface area (Å²) in [6.07, 6.45) is 0.697. The topological polar surface area (TPSA) is 88.5 Å². The Morgan fingerprint density at radius 1 is 1.06 bits per heavy atom. The number of amides is 1. The fourth-order valence-electron chi connectivity index (χ4n) is 4.63. The van der Waals surface area contributed by atoms with E-state index in [1.54, 1.807) is 48.4 Å². The predicted octanol–water partition coefficient (Wildman–Crippen LogP) is 3.24. The summed E-state index contributed by atoms with van der Waals surface area (Å²) >= 11 is 0. The maximum absolute atomic E-state index is 13.2. The molecule has 35 heavy (non-hydrogen) atoms. The number of methoxy groups -OCH3 is 1. The second-order valence-corrected chi connectivity index (χ2v) is 8.51. The highest BCUT2D eigenvalue weighted by atomic mass is 16.5. The van der Waals surface area contributed by atoms with E-state index in [1.165, 1.54) is 0 Å². The Bertz CT molecular complexity index is 1080. The van der Waals surface area contributed by atoms with Crippen LogP contribution in [-0.2, 0) is 14.3 Å². The van der Waals surface area contributed by atoms with Crippen molar-refractivity contribution in [2.75, 3.05) is 53.1 Å². The Hall–Kier alpha value is -3.36. The van der Waals surface area contributed by atoms with Crippen molar-refractivity contribution in [3.63, 3.8) is 0 Å². The number of carbonyl (C=O) groups is 2. The molecule has 0 aromatic heterocycles. The lowest BCUT2D eigenvalue weighted by molar-refractivity contribution is -0.140. The summed E-state index contributed by atoms with van der Waals surface area (Å²) in [5.74, 6) is -0.399. The minimum atomic E-state index is -0.732. The fraction of sp³-hybridized carbons (Fsp3) is 0.407. The van der Waals surface area contributed by atoms with E-state index in [9.17, 15) is 14.7 Å². The predicted molar refractivity (Wildman–Crippen MR) is 131 cm³/mol. The first kappa shape index (κ1) is 24.8. The van der Waals surface area contributed by atoms with Crippen LogP contribution in [0.2, 0.25) is 0 Å². The molecule has 1 N–H and O–H groups in total. The third-order valence-corrected chi connectivity index (χ3v) is 6.37. The van der Waals surface area contributed by atoms with E-state index in [0.29, 0.717) is 55.4 Å². The van der Waals surface area contributed by atoms with Crippen LogP contribution in [0.3, 0.4) is 0 Å². The van der Waals surface area contributed by atoms with Crippen LogP contribution >= 0.6 is 0 Å². The average molecular weight is 481 g/mol. The standard InChI is InChI=1S/C27H32N2O6/c1-3-35-21-11-10-20(18-22(21)33-2)24-23(25(30)19-8-5-4-6-9-19)26(31)27(32)29(24)13-7-12-28-14-16-34-17-15-28/h4-6,8-11,18,24,30H,3,7,12-17H2,1-2H3. The lowest BCUT2D eigenvalue weighted by Gasteiger charge is -2.29. The van der Waals surface area contributed by atoms with Crippen LogP contribution in [-0.4, -0.2) is 79.7 Å². The Morgan fingerprint density at radius 2 is 1.80 bits per heavy atom. The molecule has 0 bridgehead atoms. The number of likely N-dealkylation sites (tertiary alicyclic amines) is 1. The van der Waals surface area contributed by atoms with Gasteiger partial charge in [0.15, 0.2) is 11.5 Å². The van der Waals surface area contributed by atoms with E-state index in [-0.39, 0.29) is 11.3 Å². The summed E-state index contributed by atoms with van der Waals surface area (Å²) in [4.78, 5) is 30.2. The van der Waals surface area contributed by atoms with Crippen molar-refractivity contribution in [1.29, 1.82) is 0 Å². The molecule has 0 radical (unpaired) electrons. The van der Waals surface area contributed by atoms with Crippen molar-refractivity contribution in [2.45, 2.75) is 19.4 Å². The van der Waals surface area contributed by atoms with Crippen LogP contribution in [0.4, 0.5) is 0 Å². The van der Waals surface area contributed by atoms with Crippen molar-refractivity contribution in [1.82, 2.24) is 9.80 Å². The van der Waals surface area contributed by atoms with E-state index in [2.05, 4.69) is 4.90 Å². The van der Waals surface area contributed by atoms with Gasteiger partial charge in [-0.2, -0.15) is 0 Å². The number of hydrogen-bond acceptors (Lipinski definition) is 7. The molecule has 2 aliphatic heterocycles. The summed E-state index contributed by atoms with van der Waals surface area (Å²) in [5, 5.41) is 11.2. The minimum Gasteiger partial charge on any atom is -0.507 e. The molecule has 2 saturated heterocycles. The van der Waals surface area contributed by atoms with Crippen LogP contribution in [0.1, 0.15) is 30.5 Å². The molecular weight excluding hydrogens is 448 g/mol. The largest absolute Gasteiger partial charge is 0.507 e. The van der Waals surface area contributed by atoms with Crippen LogP contribution in [0.5, 0.6) is 11.5 Å². The highest BCUT2D eigenvalue weighted by Crippen LogP contribution is 2.42. The molecule has 186 valence electrons. The van der Waals surface area contributed by atoms with Crippen LogP contribution in [0.25, 0.3) is 5.76 Å². The Kier molecular flexibility index (Phi) is 8.05. The smallest absolute Gasteiger partial charge is 0.295 e. The van der Waals surface area contributed by atoms with Gasteiger partial charge in [0.1, 0.15) is 5.76 Å². The summed E-state index contributed by atoms with van der Waals surface area (Å²) in [5.41, 5.74) is 1.24. The fourth-order valence-corrected chi connectivity index (χ4v) is 4.63. The Balaban J connectivity index is 1.70. The second-order valence-electron chi connectivity index (χ2n) is 8.51. The number of carbonyl (C=O) groups excluding carboxylic acids is 2. The maximum Gasteiger partial charge on any atom is 0.295 e. The number of Topliss-reactive ketones (excluding diaryl/α,β-unsaturated/α-hetero) is 1. The van der Waals surface area contributed by atoms with Crippen molar-refractivity contribution in [3.8, 4) is 11.5 Å². The molecule has 1 atom stereocenters. The summed E-state index contributed by atoms with van der Waals surface area (Å²) < 4.78 is 16.6. The third-order valence-electron chi connectivity index (χ3n) is 6.37. The number of morpholine rings is 1. The first-order chi connectivity index (χ1) is 17.0. The Morgan fingerprint density at radius 3 is 2.49 bits per heavy atom. The number of nitrogens with zero attached hydrogens (tertiary/aromatic N) is 2. The van der Waals surface area contributed by atoms with Crippen molar-refractivity contribution in [2.24, 2.45) is 0 Å². The van der Waals surface area contributed by atoms with E-state index >= 15 is 0 Å². The zero-order chi connectivity index (χ0) is 24.8. The normalized spacial score (nSPS) is 20.3. The first-order valence-electron chi connectivity index (χ1n) is 12.0. The van der Waals surface area contributed by atoms with E-state index in [4.69, 9.17) is 14.2 Å². The van der Waals surface area contributed by atoms with Gasteiger partial charge in [0.2, 0.25) is 0 Å². The van der Waals surface area contributed by atoms with Gasteiger partial charge in [0.25, 0.3) is 11.7 Å². The lowest BCUT2D eigenvalue weighted by Crippen LogP contribution is -2.39. The number of ether oxygens (including phenoxy) is 3. The molecule has 1 unspecified atom stereocenters. The average Bonchev–Trinajstić information content (AvgIpc) is 3.15. The molecule has 2 aliphatic rings. The molecule has 8 nitrogen and oxygen atoms in total. The van der Waals surface area contributed by atoms with Gasteiger partial charge in [0.05, 0.1) is 38.5 Å². The van der Waals surface area contributed by atoms with Crippen molar-refractivity contribution >= 4 is 17.4 Å². The van der Waals surface area contributed by atoms with Crippen LogP contribution < -0.4 is 9.47 Å². The quantitative estimate of drug-likeness (QED) is 0.335. The minimum absolute atomic E-state index is 0.0822. The SMILES string of the molecule is CCOc1ccc(C2C(=C(O)c3ccccc3)C(=O)C(=O)N2CCCN2CCOCC2)cc1OC. The summed E-state index contributed by atoms with van der Waals surface area (Å²) in [7, 11) is 1.55. The molecule has 2 heterocycles. The van der Waals surface area contributed by atoms with E-state index < -0.39 is 17.7 Å². The third kappa shape index (κ3) is 5.33. The number of ketones is 1. The van der Waals surface area contributed by atoms with Gasteiger partial charge < -0.3 is 24.2 Å². The van der Waals surface area contributed by atoms with Crippen molar-refractivity contribution in [3.05, 3.63) is 65.2 Å². The highest BCUT2D eigenvalue weighted by Gasteiger charge is 2.46. The van der Waals surface area contributed by atoms with Gasteiger partial charge in [-0.25, -0.2) is 0 Å². The molecule has 0 saturated carbocycles. The number of aliphatic hydroxyl groups excluding tert-OH is 1. The van der Waals surface area contributed by atoms with Gasteiger partial charge in [-0.05, 0) is 31.0 Å². The monoisotopic (exact) mass is 480 g/mol. The zero-order valence-electron chi connectivity index (χ0n) is 20.2. The van der Waals surface area contributed by atoms with Gasteiger partial charge >= 0.3 is 0 Å². The van der Waals surface area contributed by atoms with Crippen LogP contribution in [0.15, 0.2) is 54.1 Å². The number of hydrogen-bond donors (Lipinski definition) is 1. The molecule has 4 rings (SSSR count). The van der Waals surface area contributed by atoms with Gasteiger partial charge in [-0.1, -0.05) is 36.4 Å². The molecule has 0 aliphatic carbocycles. The molecule has 2 aromatic carbocycles. The molecule has 8 heteroatoms. The molecule has 2 fully saturated rings. The molecular formula is C27H32N2O6. The molecule has 2 aromatic rings. The Labute approximate surface area is 205 Å². The zero-order valence-corrected chi connectivity index (χ0v) is 20.2. The maximum atomic E-state index is 13.2. The molecule has 0 spiro atoms.